The number of benzene rings is 2. The van der Waals surface area contributed by atoms with Gasteiger partial charge in [-0.1, -0.05) is 60.7 Å². The number of carbonyl (C=O) groups excluding carboxylic acids is 2. The van der Waals surface area contributed by atoms with Crippen LogP contribution in [-0.2, 0) is 22.6 Å². The van der Waals surface area contributed by atoms with Crippen LogP contribution in [0.5, 0.6) is 5.75 Å². The number of pyridine rings is 1. The first-order chi connectivity index (χ1) is 20.6. The van der Waals surface area contributed by atoms with E-state index in [0.717, 1.165) is 16.8 Å². The Morgan fingerprint density at radius 1 is 1.00 bits per heavy atom. The number of anilines is 1. The average Bonchev–Trinajstić information content (AvgIpc) is 3.47. The molecule has 3 aromatic heterocycles. The van der Waals surface area contributed by atoms with E-state index in [0.29, 0.717) is 54.4 Å². The first-order valence-electron chi connectivity index (χ1n) is 14.0. The predicted molar refractivity (Wildman–Crippen MR) is 156 cm³/mol. The molecule has 2 aliphatic heterocycles. The van der Waals surface area contributed by atoms with Gasteiger partial charge < -0.3 is 9.64 Å². The Kier molecular flexibility index (Phi) is 6.50. The van der Waals surface area contributed by atoms with E-state index in [2.05, 4.69) is 10.1 Å². The third-order valence-corrected chi connectivity index (χ3v) is 7.82. The van der Waals surface area contributed by atoms with Crippen LogP contribution in [0.3, 0.4) is 0 Å². The fourth-order valence-corrected chi connectivity index (χ4v) is 5.67. The predicted octanol–water partition coefficient (Wildman–Crippen LogP) is 3.92. The van der Waals surface area contributed by atoms with Crippen molar-refractivity contribution in [2.75, 3.05) is 18.0 Å². The lowest BCUT2D eigenvalue weighted by Crippen LogP contribution is -2.43. The summed E-state index contributed by atoms with van der Waals surface area (Å²) < 4.78 is 7.50. The number of amides is 2. The number of H-pyrrole nitrogens is 1. The molecule has 0 spiro atoms. The van der Waals surface area contributed by atoms with Gasteiger partial charge in [0, 0.05) is 42.9 Å². The Labute approximate surface area is 241 Å². The normalized spacial score (nSPS) is 16.2. The highest BCUT2D eigenvalue weighted by Gasteiger charge is 2.36. The van der Waals surface area contributed by atoms with Crippen molar-refractivity contribution in [1.82, 2.24) is 24.5 Å². The molecule has 5 aromatic rings. The van der Waals surface area contributed by atoms with Gasteiger partial charge in [-0.2, -0.15) is 0 Å². The highest BCUT2D eigenvalue weighted by atomic mass is 16.5. The van der Waals surface area contributed by atoms with Crippen molar-refractivity contribution in [3.05, 3.63) is 112 Å². The van der Waals surface area contributed by atoms with E-state index in [1.54, 1.807) is 28.1 Å². The van der Waals surface area contributed by atoms with E-state index in [9.17, 15) is 14.4 Å². The molecule has 42 heavy (non-hydrogen) atoms. The van der Waals surface area contributed by atoms with Crippen LogP contribution in [0, 0.1) is 0 Å². The molecule has 10 nitrogen and oxygen atoms in total. The number of aromatic amines is 1. The zero-order chi connectivity index (χ0) is 28.6. The largest absolute Gasteiger partial charge is 0.472 e. The van der Waals surface area contributed by atoms with Crippen LogP contribution in [0.1, 0.15) is 35.8 Å². The van der Waals surface area contributed by atoms with Crippen molar-refractivity contribution in [3.8, 4) is 17.0 Å². The quantitative estimate of drug-likeness (QED) is 0.337. The fraction of sp³-hybridized carbons (Fsp3) is 0.219. The summed E-state index contributed by atoms with van der Waals surface area (Å²) in [5.74, 6) is 0.753. The van der Waals surface area contributed by atoms with Gasteiger partial charge in [0.05, 0.1) is 17.9 Å². The second-order valence-corrected chi connectivity index (χ2v) is 10.5. The molecule has 0 aliphatic carbocycles. The Balaban J connectivity index is 1.05. The number of nitrogens with zero attached hydrogens (tertiary/aromatic N) is 5. The molecule has 1 N–H and O–H groups in total. The van der Waals surface area contributed by atoms with Crippen LogP contribution in [0.25, 0.3) is 16.9 Å². The van der Waals surface area contributed by atoms with Crippen LogP contribution >= 0.6 is 0 Å². The molecule has 0 fully saturated rings. The zero-order valence-electron chi connectivity index (χ0n) is 22.8. The Morgan fingerprint density at radius 3 is 2.60 bits per heavy atom. The zero-order valence-corrected chi connectivity index (χ0v) is 22.8. The summed E-state index contributed by atoms with van der Waals surface area (Å²) in [7, 11) is 0. The van der Waals surface area contributed by atoms with Crippen LogP contribution < -0.4 is 15.2 Å². The van der Waals surface area contributed by atoms with Gasteiger partial charge in [-0.3, -0.25) is 24.4 Å². The smallest absolute Gasteiger partial charge is 0.276 e. The minimum atomic E-state index is -0.768. The SMILES string of the molecule is O=C(CCCN1C(=O)[C@@H](c2ccccc2)Oc2cccnc21)N1CCc2c(nc3cc(-c4ccccc4)[nH]n3c2=O)C1. The third kappa shape index (κ3) is 4.60. The molecule has 0 unspecified atom stereocenters. The molecular formula is C32H28N6O4. The van der Waals surface area contributed by atoms with Gasteiger partial charge >= 0.3 is 0 Å². The average molecular weight is 561 g/mol. The second kappa shape index (κ2) is 10.6. The van der Waals surface area contributed by atoms with Gasteiger partial charge in [0.1, 0.15) is 0 Å². The molecular weight excluding hydrogens is 532 g/mol. The molecule has 2 aliphatic rings. The number of carbonyl (C=O) groups is 2. The van der Waals surface area contributed by atoms with E-state index in [1.807, 2.05) is 66.7 Å². The fourth-order valence-electron chi connectivity index (χ4n) is 5.67. The summed E-state index contributed by atoms with van der Waals surface area (Å²) in [4.78, 5) is 52.5. The van der Waals surface area contributed by atoms with Crippen molar-refractivity contribution < 1.29 is 14.3 Å². The number of aromatic nitrogens is 4. The Hall–Kier alpha value is -5.25. The first-order valence-corrected chi connectivity index (χ1v) is 14.0. The molecule has 1 atom stereocenters. The first kappa shape index (κ1) is 25.7. The summed E-state index contributed by atoms with van der Waals surface area (Å²) in [6.45, 7) is 1.05. The van der Waals surface area contributed by atoms with Crippen LogP contribution in [-0.4, -0.2) is 49.4 Å². The standard InChI is InChI=1S/C32H28N6O4/c39-28(14-8-17-37-30-26(13-7-16-33-30)42-29(32(37)41)22-11-5-2-6-12-22)36-18-15-23-25(20-36)34-27-19-24(35-38(27)31(23)40)21-9-3-1-4-10-21/h1-7,9-13,16,19,29,35H,8,14-15,17-18,20H2/t29-/m1/s1. The van der Waals surface area contributed by atoms with Crippen molar-refractivity contribution in [3.63, 3.8) is 0 Å². The highest BCUT2D eigenvalue weighted by molar-refractivity contribution is 5.99. The van der Waals surface area contributed by atoms with E-state index >= 15 is 0 Å². The van der Waals surface area contributed by atoms with Gasteiger partial charge in [-0.15, -0.1) is 0 Å². The maximum absolute atomic E-state index is 13.5. The monoisotopic (exact) mass is 560 g/mol. The maximum Gasteiger partial charge on any atom is 0.276 e. The molecule has 2 amide bonds. The van der Waals surface area contributed by atoms with Gasteiger partial charge in [0.15, 0.2) is 17.2 Å². The van der Waals surface area contributed by atoms with E-state index in [1.165, 1.54) is 4.52 Å². The van der Waals surface area contributed by atoms with Crippen molar-refractivity contribution in [2.24, 2.45) is 0 Å². The van der Waals surface area contributed by atoms with Gasteiger partial charge in [-0.25, -0.2) is 14.5 Å². The number of hydrogen-bond acceptors (Lipinski definition) is 6. The van der Waals surface area contributed by atoms with Crippen LogP contribution in [0.15, 0.2) is 89.9 Å². The Bertz CT molecular complexity index is 1850. The van der Waals surface area contributed by atoms with Crippen LogP contribution in [0.2, 0.25) is 0 Å². The highest BCUT2D eigenvalue weighted by Crippen LogP contribution is 2.37. The minimum absolute atomic E-state index is 0.0387. The minimum Gasteiger partial charge on any atom is -0.472 e. The lowest BCUT2D eigenvalue weighted by atomic mass is 10.1. The van der Waals surface area contributed by atoms with E-state index in [-0.39, 0.29) is 30.3 Å². The third-order valence-electron chi connectivity index (χ3n) is 7.82. The lowest BCUT2D eigenvalue weighted by Gasteiger charge is -2.33. The molecule has 2 aromatic carbocycles. The maximum atomic E-state index is 13.5. The molecule has 5 heterocycles. The van der Waals surface area contributed by atoms with Gasteiger partial charge in [-0.05, 0) is 30.5 Å². The van der Waals surface area contributed by atoms with Gasteiger partial charge in [0.25, 0.3) is 11.5 Å². The number of rotatable bonds is 6. The van der Waals surface area contributed by atoms with E-state index < -0.39 is 6.10 Å². The van der Waals surface area contributed by atoms with Crippen molar-refractivity contribution in [2.45, 2.75) is 31.9 Å². The van der Waals surface area contributed by atoms with Gasteiger partial charge in [0.2, 0.25) is 12.0 Å². The molecule has 0 bridgehead atoms. The van der Waals surface area contributed by atoms with E-state index in [4.69, 9.17) is 9.72 Å². The summed E-state index contributed by atoms with van der Waals surface area (Å²) >= 11 is 0. The molecule has 210 valence electrons. The lowest BCUT2D eigenvalue weighted by molar-refractivity contribution is -0.132. The number of nitrogens with one attached hydrogen (secondary N) is 1. The molecule has 10 heteroatoms. The molecule has 0 saturated heterocycles. The number of hydrogen-bond donors (Lipinski definition) is 1. The molecule has 0 saturated carbocycles. The summed E-state index contributed by atoms with van der Waals surface area (Å²) in [5, 5.41) is 3.16. The van der Waals surface area contributed by atoms with Crippen LogP contribution in [0.4, 0.5) is 5.82 Å². The topological polar surface area (TPSA) is 113 Å². The summed E-state index contributed by atoms with van der Waals surface area (Å²) in [6.07, 6.45) is 2.00. The summed E-state index contributed by atoms with van der Waals surface area (Å²) in [6, 6.07) is 24.6. The Morgan fingerprint density at radius 2 is 1.79 bits per heavy atom. The number of fused-ring (bicyclic) bond motifs is 3. The van der Waals surface area contributed by atoms with Crippen molar-refractivity contribution in [1.29, 1.82) is 0 Å². The molecule has 7 rings (SSSR count). The second-order valence-electron chi connectivity index (χ2n) is 10.5. The number of ether oxygens (including phenoxy) is 1. The van der Waals surface area contributed by atoms with Crippen molar-refractivity contribution >= 4 is 23.3 Å². The summed E-state index contributed by atoms with van der Waals surface area (Å²) in [5.41, 5.74) is 4.19. The molecule has 0 radical (unpaired) electrons.